The van der Waals surface area contributed by atoms with Gasteiger partial charge in [0.05, 0.1) is 12.1 Å². The Hall–Kier alpha value is -3.27. The van der Waals surface area contributed by atoms with E-state index in [0.717, 1.165) is 11.6 Å². The summed E-state index contributed by atoms with van der Waals surface area (Å²) in [5.74, 6) is -1.39. The Bertz CT molecular complexity index is 928. The number of carbonyl (C=O) groups is 1. The second kappa shape index (κ2) is 6.47. The molecule has 5 nitrogen and oxygen atoms in total. The standard InChI is InChI=1S/C20H16F2N4O/c21-16-8-14(9-17(22)10-16)18-6-7-24-26(18)19(27)25-12-20(11-23,13-25)15-4-2-1-3-5-15/h1-5,7-10,18H,6,12-13H2/t18-/m0/s1. The molecule has 0 aromatic heterocycles. The number of likely N-dealkylation sites (tertiary alicyclic amines) is 1. The van der Waals surface area contributed by atoms with E-state index in [1.165, 1.54) is 22.0 Å². The molecule has 1 fully saturated rings. The maximum atomic E-state index is 13.5. The minimum absolute atomic E-state index is 0.253. The Kier molecular flexibility index (Phi) is 4.11. The lowest BCUT2D eigenvalue weighted by atomic mass is 9.75. The highest BCUT2D eigenvalue weighted by Gasteiger charge is 2.49. The molecule has 2 aromatic rings. The quantitative estimate of drug-likeness (QED) is 0.815. The van der Waals surface area contributed by atoms with Gasteiger partial charge in [-0.2, -0.15) is 10.4 Å². The summed E-state index contributed by atoms with van der Waals surface area (Å²) < 4.78 is 27.1. The third-order valence-electron chi connectivity index (χ3n) is 5.03. The molecule has 0 saturated carbocycles. The van der Waals surface area contributed by atoms with Crippen molar-refractivity contribution in [1.82, 2.24) is 9.91 Å². The summed E-state index contributed by atoms with van der Waals surface area (Å²) in [6.07, 6.45) is 1.93. The van der Waals surface area contributed by atoms with E-state index in [4.69, 9.17) is 0 Å². The van der Waals surface area contributed by atoms with E-state index >= 15 is 0 Å². The largest absolute Gasteiger partial charge is 0.341 e. The first-order valence-corrected chi connectivity index (χ1v) is 8.56. The Morgan fingerprint density at radius 3 is 2.44 bits per heavy atom. The van der Waals surface area contributed by atoms with Crippen molar-refractivity contribution in [3.05, 3.63) is 71.3 Å². The highest BCUT2D eigenvalue weighted by molar-refractivity contribution is 5.80. The van der Waals surface area contributed by atoms with E-state index in [-0.39, 0.29) is 19.1 Å². The molecule has 0 radical (unpaired) electrons. The van der Waals surface area contributed by atoms with Crippen LogP contribution >= 0.6 is 0 Å². The summed E-state index contributed by atoms with van der Waals surface area (Å²) >= 11 is 0. The van der Waals surface area contributed by atoms with Crippen molar-refractivity contribution in [3.63, 3.8) is 0 Å². The number of hydrazone groups is 1. The van der Waals surface area contributed by atoms with Gasteiger partial charge < -0.3 is 4.90 Å². The zero-order valence-electron chi connectivity index (χ0n) is 14.3. The number of benzene rings is 2. The fraction of sp³-hybridized carbons (Fsp3) is 0.250. The average Bonchev–Trinajstić information content (AvgIpc) is 3.11. The summed E-state index contributed by atoms with van der Waals surface area (Å²) in [5.41, 5.74) is 0.486. The van der Waals surface area contributed by atoms with Crippen LogP contribution in [0.2, 0.25) is 0 Å². The number of urea groups is 1. The summed E-state index contributed by atoms with van der Waals surface area (Å²) in [6.45, 7) is 0.505. The van der Waals surface area contributed by atoms with E-state index in [9.17, 15) is 18.8 Å². The van der Waals surface area contributed by atoms with Gasteiger partial charge in [-0.25, -0.2) is 18.6 Å². The van der Waals surface area contributed by atoms with Crippen molar-refractivity contribution >= 4 is 12.2 Å². The van der Waals surface area contributed by atoms with Gasteiger partial charge in [0, 0.05) is 31.8 Å². The van der Waals surface area contributed by atoms with E-state index < -0.39 is 23.1 Å². The smallest absolute Gasteiger partial charge is 0.319 e. The van der Waals surface area contributed by atoms with Crippen LogP contribution in [0.15, 0.2) is 53.6 Å². The minimum Gasteiger partial charge on any atom is -0.319 e. The number of carbonyl (C=O) groups excluding carboxylic acids is 1. The Balaban J connectivity index is 1.52. The predicted molar refractivity (Wildman–Crippen MR) is 94.7 cm³/mol. The zero-order valence-corrected chi connectivity index (χ0v) is 14.3. The monoisotopic (exact) mass is 366 g/mol. The van der Waals surface area contributed by atoms with Crippen LogP contribution in [0.25, 0.3) is 0 Å². The lowest BCUT2D eigenvalue weighted by Crippen LogP contribution is -2.62. The van der Waals surface area contributed by atoms with Crippen LogP contribution in [0.4, 0.5) is 13.6 Å². The van der Waals surface area contributed by atoms with Gasteiger partial charge in [0.25, 0.3) is 0 Å². The average molecular weight is 366 g/mol. The molecule has 2 heterocycles. The second-order valence-corrected chi connectivity index (χ2v) is 6.80. The molecule has 0 N–H and O–H groups in total. The molecule has 4 rings (SSSR count). The van der Waals surface area contributed by atoms with Crippen molar-refractivity contribution in [2.24, 2.45) is 5.10 Å². The maximum Gasteiger partial charge on any atom is 0.341 e. The highest BCUT2D eigenvalue weighted by Crippen LogP contribution is 2.37. The molecule has 7 heteroatoms. The molecule has 2 aliphatic heterocycles. The van der Waals surface area contributed by atoms with Gasteiger partial charge in [-0.05, 0) is 23.3 Å². The molecule has 0 spiro atoms. The molecule has 27 heavy (non-hydrogen) atoms. The van der Waals surface area contributed by atoms with Gasteiger partial charge in [-0.1, -0.05) is 30.3 Å². The van der Waals surface area contributed by atoms with Crippen molar-refractivity contribution < 1.29 is 13.6 Å². The van der Waals surface area contributed by atoms with Gasteiger partial charge in [0.1, 0.15) is 17.0 Å². The third kappa shape index (κ3) is 2.93. The van der Waals surface area contributed by atoms with Crippen molar-refractivity contribution in [1.29, 1.82) is 5.26 Å². The van der Waals surface area contributed by atoms with Crippen molar-refractivity contribution in [2.75, 3.05) is 13.1 Å². The topological polar surface area (TPSA) is 59.7 Å². The number of halogens is 2. The molecule has 1 atom stereocenters. The maximum absolute atomic E-state index is 13.5. The summed E-state index contributed by atoms with van der Waals surface area (Å²) in [7, 11) is 0. The van der Waals surface area contributed by atoms with Gasteiger partial charge in [0.2, 0.25) is 0 Å². The van der Waals surface area contributed by atoms with Gasteiger partial charge in [0.15, 0.2) is 0 Å². The van der Waals surface area contributed by atoms with E-state index in [0.29, 0.717) is 12.0 Å². The van der Waals surface area contributed by atoms with Crippen LogP contribution in [-0.4, -0.2) is 35.2 Å². The third-order valence-corrected chi connectivity index (χ3v) is 5.03. The van der Waals surface area contributed by atoms with Crippen LogP contribution in [-0.2, 0) is 5.41 Å². The first-order chi connectivity index (χ1) is 13.0. The van der Waals surface area contributed by atoms with Crippen LogP contribution in [0.3, 0.4) is 0 Å². The summed E-state index contributed by atoms with van der Waals surface area (Å²) in [6, 6.07) is 13.9. The van der Waals surface area contributed by atoms with E-state index in [1.54, 1.807) is 6.21 Å². The highest BCUT2D eigenvalue weighted by atomic mass is 19.1. The minimum atomic E-state index is -0.735. The molecule has 136 valence electrons. The zero-order chi connectivity index (χ0) is 19.0. The number of hydrogen-bond acceptors (Lipinski definition) is 3. The Morgan fingerprint density at radius 2 is 1.81 bits per heavy atom. The fourth-order valence-corrected chi connectivity index (χ4v) is 3.60. The van der Waals surface area contributed by atoms with E-state index in [1.807, 2.05) is 30.3 Å². The lowest BCUT2D eigenvalue weighted by Gasteiger charge is -2.47. The molecule has 2 aliphatic rings. The summed E-state index contributed by atoms with van der Waals surface area (Å²) in [4.78, 5) is 14.4. The molecular formula is C20H16F2N4O. The predicted octanol–water partition coefficient (Wildman–Crippen LogP) is 3.59. The van der Waals surface area contributed by atoms with Gasteiger partial charge in [-0.3, -0.25) is 0 Å². The second-order valence-electron chi connectivity index (χ2n) is 6.80. The van der Waals surface area contributed by atoms with Crippen LogP contribution in [0.1, 0.15) is 23.6 Å². The molecule has 0 unspecified atom stereocenters. The SMILES string of the molecule is N#CC1(c2ccccc2)CN(C(=O)N2N=CC[C@H]2c2cc(F)cc(F)c2)C1. The van der Waals surface area contributed by atoms with Crippen LogP contribution in [0.5, 0.6) is 0 Å². The molecule has 1 saturated heterocycles. The lowest BCUT2D eigenvalue weighted by molar-refractivity contribution is 0.0848. The Labute approximate surface area is 155 Å². The molecule has 2 aromatic carbocycles. The number of rotatable bonds is 2. The van der Waals surface area contributed by atoms with Gasteiger partial charge >= 0.3 is 6.03 Å². The fourth-order valence-electron chi connectivity index (χ4n) is 3.60. The normalized spacial score (nSPS) is 20.3. The Morgan fingerprint density at radius 1 is 1.15 bits per heavy atom. The molecule has 2 amide bonds. The van der Waals surface area contributed by atoms with Crippen LogP contribution < -0.4 is 0 Å². The molecule has 0 bridgehead atoms. The number of hydrogen-bond donors (Lipinski definition) is 0. The van der Waals surface area contributed by atoms with Crippen molar-refractivity contribution in [3.8, 4) is 6.07 Å². The number of amides is 2. The van der Waals surface area contributed by atoms with E-state index in [2.05, 4.69) is 11.2 Å². The number of nitriles is 1. The van der Waals surface area contributed by atoms with Gasteiger partial charge in [-0.15, -0.1) is 0 Å². The van der Waals surface area contributed by atoms with Crippen LogP contribution in [0, 0.1) is 23.0 Å². The molecular weight excluding hydrogens is 350 g/mol. The first kappa shape index (κ1) is 17.2. The summed E-state index contributed by atoms with van der Waals surface area (Å²) in [5, 5.41) is 15.0. The van der Waals surface area contributed by atoms with Crippen molar-refractivity contribution in [2.45, 2.75) is 17.9 Å². The molecule has 0 aliphatic carbocycles. The first-order valence-electron chi connectivity index (χ1n) is 8.56. The number of nitrogens with zero attached hydrogens (tertiary/aromatic N) is 4.